The molecule has 2 aromatic heterocycles. The van der Waals surface area contributed by atoms with Gasteiger partial charge in [-0.25, -0.2) is 14.6 Å². The molecule has 0 bridgehead atoms. The number of rotatable bonds is 5. The van der Waals surface area contributed by atoms with Crippen molar-refractivity contribution in [1.29, 1.82) is 0 Å². The fraction of sp³-hybridized carbons (Fsp3) is 0.130. The maximum absolute atomic E-state index is 12.9. The first kappa shape index (κ1) is 19.3. The number of hydrogen-bond donors (Lipinski definition) is 1. The molecule has 2 aromatic carbocycles. The van der Waals surface area contributed by atoms with Gasteiger partial charge in [-0.05, 0) is 36.8 Å². The number of para-hydroxylation sites is 1. The lowest BCUT2D eigenvalue weighted by molar-refractivity contribution is 0.0682. The van der Waals surface area contributed by atoms with Crippen LogP contribution in [0.5, 0.6) is 11.5 Å². The first-order valence-electron chi connectivity index (χ1n) is 9.32. The van der Waals surface area contributed by atoms with E-state index < -0.39 is 11.9 Å². The number of nitrogens with zero attached hydrogens (tertiary/aromatic N) is 2. The van der Waals surface area contributed by atoms with Gasteiger partial charge in [0, 0.05) is 17.0 Å². The van der Waals surface area contributed by atoms with Gasteiger partial charge in [0.25, 0.3) is 0 Å². The van der Waals surface area contributed by atoms with Gasteiger partial charge in [0.05, 0.1) is 29.4 Å². The Bertz CT molecular complexity index is 1300. The number of carboxylic acids is 1. The fourth-order valence-corrected chi connectivity index (χ4v) is 3.31. The molecule has 7 heteroatoms. The number of esters is 1. The molecule has 0 radical (unpaired) electrons. The number of benzene rings is 2. The van der Waals surface area contributed by atoms with Crippen LogP contribution in [-0.2, 0) is 6.42 Å². The van der Waals surface area contributed by atoms with Crippen LogP contribution in [-0.4, -0.2) is 34.1 Å². The highest BCUT2D eigenvalue weighted by molar-refractivity contribution is 6.06. The number of carbonyl (C=O) groups is 2. The molecule has 4 aromatic rings. The molecule has 0 spiro atoms. The van der Waals surface area contributed by atoms with Crippen molar-refractivity contribution in [2.24, 2.45) is 0 Å². The van der Waals surface area contributed by atoms with Crippen LogP contribution >= 0.6 is 0 Å². The quantitative estimate of drug-likeness (QED) is 0.498. The largest absolute Gasteiger partial charge is 0.497 e. The number of aromatic nitrogens is 2. The lowest BCUT2D eigenvalue weighted by Crippen LogP contribution is -2.15. The molecule has 0 aliphatic heterocycles. The van der Waals surface area contributed by atoms with E-state index >= 15 is 0 Å². The number of aromatic carboxylic acids is 1. The van der Waals surface area contributed by atoms with Crippen molar-refractivity contribution < 1.29 is 24.2 Å². The van der Waals surface area contributed by atoms with Crippen molar-refractivity contribution in [2.75, 3.05) is 7.11 Å². The van der Waals surface area contributed by atoms with Crippen LogP contribution in [0.1, 0.15) is 33.3 Å². The van der Waals surface area contributed by atoms with Gasteiger partial charge in [-0.3, -0.25) is 4.98 Å². The number of carbonyl (C=O) groups excluding carboxylic acids is 1. The minimum atomic E-state index is -1.19. The maximum atomic E-state index is 12.9. The van der Waals surface area contributed by atoms with E-state index in [1.165, 1.54) is 6.20 Å². The summed E-state index contributed by atoms with van der Waals surface area (Å²) in [5.41, 5.74) is 1.74. The minimum Gasteiger partial charge on any atom is -0.497 e. The van der Waals surface area contributed by atoms with E-state index in [1.807, 2.05) is 6.92 Å². The molecule has 0 aliphatic rings. The third kappa shape index (κ3) is 3.41. The highest BCUT2D eigenvalue weighted by Gasteiger charge is 2.24. The molecule has 4 rings (SSSR count). The Labute approximate surface area is 171 Å². The second kappa shape index (κ2) is 7.79. The molecule has 2 heterocycles. The molecule has 0 atom stereocenters. The van der Waals surface area contributed by atoms with E-state index in [0.717, 1.165) is 0 Å². The number of ether oxygens (including phenoxy) is 2. The van der Waals surface area contributed by atoms with Gasteiger partial charge in [-0.2, -0.15) is 0 Å². The highest BCUT2D eigenvalue weighted by Crippen LogP contribution is 2.31. The second-order valence-electron chi connectivity index (χ2n) is 6.61. The maximum Gasteiger partial charge on any atom is 0.345 e. The lowest BCUT2D eigenvalue weighted by Gasteiger charge is -2.14. The van der Waals surface area contributed by atoms with Crippen LogP contribution in [0.3, 0.4) is 0 Å². The first-order chi connectivity index (χ1) is 14.5. The van der Waals surface area contributed by atoms with Gasteiger partial charge >= 0.3 is 11.9 Å². The Kier molecular flexibility index (Phi) is 5.02. The van der Waals surface area contributed by atoms with E-state index in [1.54, 1.807) is 55.6 Å². The number of methoxy groups -OCH3 is 1. The standard InChI is InChI=1S/C23H18N2O5/c1-3-17-21(20(22(26)27)16-6-4-5-7-19(16)25-17)30-23(28)14-10-13-11-15(29-2)8-9-18(13)24-12-14/h4-12H,3H2,1-2H3,(H,26,27). The summed E-state index contributed by atoms with van der Waals surface area (Å²) in [4.78, 5) is 33.7. The summed E-state index contributed by atoms with van der Waals surface area (Å²) < 4.78 is 10.8. The summed E-state index contributed by atoms with van der Waals surface area (Å²) in [6.45, 7) is 1.82. The molecule has 0 amide bonds. The molecule has 0 saturated carbocycles. The Morgan fingerprint density at radius 1 is 1.07 bits per heavy atom. The van der Waals surface area contributed by atoms with Crippen molar-refractivity contribution in [1.82, 2.24) is 9.97 Å². The van der Waals surface area contributed by atoms with Gasteiger partial charge in [0.15, 0.2) is 5.75 Å². The van der Waals surface area contributed by atoms with Crippen molar-refractivity contribution in [3.8, 4) is 11.5 Å². The zero-order valence-electron chi connectivity index (χ0n) is 16.4. The summed E-state index contributed by atoms with van der Waals surface area (Å²) in [6, 6.07) is 13.8. The molecule has 7 nitrogen and oxygen atoms in total. The van der Waals surface area contributed by atoms with Crippen LogP contribution in [0.4, 0.5) is 0 Å². The van der Waals surface area contributed by atoms with Crippen molar-refractivity contribution in [3.63, 3.8) is 0 Å². The zero-order valence-corrected chi connectivity index (χ0v) is 16.4. The second-order valence-corrected chi connectivity index (χ2v) is 6.61. The van der Waals surface area contributed by atoms with Crippen LogP contribution in [0.2, 0.25) is 0 Å². The average molecular weight is 402 g/mol. The summed E-state index contributed by atoms with van der Waals surface area (Å²) in [7, 11) is 1.55. The Morgan fingerprint density at radius 2 is 1.87 bits per heavy atom. The lowest BCUT2D eigenvalue weighted by atomic mass is 10.0. The Morgan fingerprint density at radius 3 is 2.60 bits per heavy atom. The van der Waals surface area contributed by atoms with Gasteiger partial charge in [0.1, 0.15) is 11.3 Å². The normalized spacial score (nSPS) is 10.9. The summed E-state index contributed by atoms with van der Waals surface area (Å²) in [5, 5.41) is 10.9. The van der Waals surface area contributed by atoms with E-state index in [2.05, 4.69) is 9.97 Å². The van der Waals surface area contributed by atoms with Gasteiger partial charge in [0.2, 0.25) is 0 Å². The van der Waals surface area contributed by atoms with E-state index in [-0.39, 0.29) is 16.9 Å². The predicted octanol–water partition coefficient (Wildman–Crippen LogP) is 4.27. The van der Waals surface area contributed by atoms with Crippen molar-refractivity contribution >= 4 is 33.7 Å². The monoisotopic (exact) mass is 402 g/mol. The molecule has 0 aliphatic carbocycles. The fourth-order valence-electron chi connectivity index (χ4n) is 3.31. The van der Waals surface area contributed by atoms with Gasteiger partial charge in [-0.1, -0.05) is 25.1 Å². The third-order valence-corrected chi connectivity index (χ3v) is 4.79. The molecule has 150 valence electrons. The zero-order chi connectivity index (χ0) is 21.3. The first-order valence-corrected chi connectivity index (χ1v) is 9.32. The number of carboxylic acid groups (broad SMARTS) is 1. The molecule has 0 unspecified atom stereocenters. The highest BCUT2D eigenvalue weighted by atomic mass is 16.5. The van der Waals surface area contributed by atoms with E-state index in [0.29, 0.717) is 39.7 Å². The van der Waals surface area contributed by atoms with Crippen LogP contribution in [0.25, 0.3) is 21.8 Å². The smallest absolute Gasteiger partial charge is 0.345 e. The molecule has 0 fully saturated rings. The van der Waals surface area contributed by atoms with Crippen molar-refractivity contribution in [2.45, 2.75) is 13.3 Å². The van der Waals surface area contributed by atoms with Crippen molar-refractivity contribution in [3.05, 3.63) is 71.5 Å². The van der Waals surface area contributed by atoms with Crippen LogP contribution in [0.15, 0.2) is 54.7 Å². The molecular formula is C23H18N2O5. The summed E-state index contributed by atoms with van der Waals surface area (Å²) in [6.07, 6.45) is 1.80. The summed E-state index contributed by atoms with van der Waals surface area (Å²) in [5.74, 6) is -1.30. The van der Waals surface area contributed by atoms with Gasteiger partial charge < -0.3 is 14.6 Å². The molecular weight excluding hydrogens is 384 g/mol. The van der Waals surface area contributed by atoms with Gasteiger partial charge in [-0.15, -0.1) is 0 Å². The average Bonchev–Trinajstić information content (AvgIpc) is 2.77. The molecule has 0 saturated heterocycles. The Balaban J connectivity index is 1.80. The predicted molar refractivity (Wildman–Crippen MR) is 111 cm³/mol. The molecule has 30 heavy (non-hydrogen) atoms. The number of hydrogen-bond acceptors (Lipinski definition) is 6. The number of fused-ring (bicyclic) bond motifs is 2. The van der Waals surface area contributed by atoms with Crippen LogP contribution < -0.4 is 9.47 Å². The Hall–Kier alpha value is -4.00. The van der Waals surface area contributed by atoms with E-state index in [9.17, 15) is 14.7 Å². The minimum absolute atomic E-state index is 0.0422. The number of pyridine rings is 2. The molecule has 1 N–H and O–H groups in total. The van der Waals surface area contributed by atoms with E-state index in [4.69, 9.17) is 9.47 Å². The third-order valence-electron chi connectivity index (χ3n) is 4.79. The summed E-state index contributed by atoms with van der Waals surface area (Å²) >= 11 is 0. The topological polar surface area (TPSA) is 98.6 Å². The number of aryl methyl sites for hydroxylation is 1. The van der Waals surface area contributed by atoms with Crippen LogP contribution in [0, 0.1) is 0 Å². The SMILES string of the molecule is CCc1nc2ccccc2c(C(=O)O)c1OC(=O)c1cnc2ccc(OC)cc2c1.